The summed E-state index contributed by atoms with van der Waals surface area (Å²) in [5.74, 6) is 0.0971. The Morgan fingerprint density at radius 2 is 2.07 bits per heavy atom. The third kappa shape index (κ3) is 5.40. The first-order chi connectivity index (χ1) is 14.4. The molecule has 1 atom stereocenters. The summed E-state index contributed by atoms with van der Waals surface area (Å²) in [7, 11) is 1.55. The number of nitrogens with one attached hydrogen (secondary N) is 1. The van der Waals surface area contributed by atoms with Crippen molar-refractivity contribution in [3.63, 3.8) is 0 Å². The molecule has 0 aliphatic carbocycles. The molecule has 1 aliphatic rings. The summed E-state index contributed by atoms with van der Waals surface area (Å²) >= 11 is 3.44. The number of methoxy groups -OCH3 is 1. The van der Waals surface area contributed by atoms with Gasteiger partial charge < -0.3 is 19.7 Å². The van der Waals surface area contributed by atoms with Crippen molar-refractivity contribution in [1.82, 2.24) is 4.90 Å². The molecule has 1 heterocycles. The van der Waals surface area contributed by atoms with Crippen LogP contribution >= 0.6 is 15.9 Å². The third-order valence-corrected chi connectivity index (χ3v) is 6.04. The first-order valence-corrected chi connectivity index (χ1v) is 10.8. The normalized spacial score (nSPS) is 15.7. The fourth-order valence-electron chi connectivity index (χ4n) is 3.47. The Kier molecular flexibility index (Phi) is 7.50. The lowest BCUT2D eigenvalue weighted by molar-refractivity contribution is -0.117. The molecule has 2 aromatic rings. The predicted molar refractivity (Wildman–Crippen MR) is 120 cm³/mol. The fraction of sp³-hybridized carbons (Fsp3) is 0.391. The fourth-order valence-corrected chi connectivity index (χ4v) is 3.88. The van der Waals surface area contributed by atoms with Crippen LogP contribution in [0.15, 0.2) is 40.9 Å². The van der Waals surface area contributed by atoms with Gasteiger partial charge in [-0.3, -0.25) is 9.59 Å². The third-order valence-electron chi connectivity index (χ3n) is 5.35. The second-order valence-electron chi connectivity index (χ2n) is 7.46. The zero-order valence-corrected chi connectivity index (χ0v) is 19.1. The first-order valence-electron chi connectivity index (χ1n) is 9.99. The average molecular weight is 475 g/mol. The number of halogens is 1. The van der Waals surface area contributed by atoms with E-state index in [0.29, 0.717) is 28.9 Å². The molecule has 7 heteroatoms. The van der Waals surface area contributed by atoms with E-state index in [1.807, 2.05) is 32.0 Å². The lowest BCUT2D eigenvalue weighted by Crippen LogP contribution is -2.42. The topological polar surface area (TPSA) is 67.9 Å². The van der Waals surface area contributed by atoms with Gasteiger partial charge in [0.15, 0.2) is 0 Å². The largest absolute Gasteiger partial charge is 0.497 e. The number of hydrogen-bond donors (Lipinski definition) is 1. The number of carbonyl (C=O) groups is 2. The summed E-state index contributed by atoms with van der Waals surface area (Å²) in [6, 6.07) is 11.0. The molecule has 1 aliphatic heterocycles. The van der Waals surface area contributed by atoms with Gasteiger partial charge in [-0.2, -0.15) is 0 Å². The SMILES string of the molecule is COc1ccc(Br)c(C(=O)N(CC(=O)Nc2cccc(C)c2C)CC2CCCO2)c1. The molecule has 0 radical (unpaired) electrons. The summed E-state index contributed by atoms with van der Waals surface area (Å²) in [6.45, 7) is 4.95. The number of rotatable bonds is 7. The highest BCUT2D eigenvalue weighted by atomic mass is 79.9. The highest BCUT2D eigenvalue weighted by Gasteiger charge is 2.27. The number of ether oxygens (including phenoxy) is 2. The number of aryl methyl sites for hydroxylation is 1. The Hall–Kier alpha value is -2.38. The smallest absolute Gasteiger partial charge is 0.255 e. The van der Waals surface area contributed by atoms with Crippen LogP contribution in [0.4, 0.5) is 5.69 Å². The molecule has 0 spiro atoms. The minimum Gasteiger partial charge on any atom is -0.497 e. The summed E-state index contributed by atoms with van der Waals surface area (Å²) in [5, 5.41) is 2.94. The van der Waals surface area contributed by atoms with E-state index < -0.39 is 0 Å². The maximum Gasteiger partial charge on any atom is 0.255 e. The molecular weight excluding hydrogens is 448 g/mol. The Morgan fingerprint density at radius 1 is 1.27 bits per heavy atom. The summed E-state index contributed by atoms with van der Waals surface area (Å²) in [5.41, 5.74) is 3.32. The van der Waals surface area contributed by atoms with E-state index in [-0.39, 0.29) is 24.5 Å². The van der Waals surface area contributed by atoms with Crippen LogP contribution in [0, 0.1) is 13.8 Å². The highest BCUT2D eigenvalue weighted by molar-refractivity contribution is 9.10. The monoisotopic (exact) mass is 474 g/mol. The zero-order valence-electron chi connectivity index (χ0n) is 17.5. The molecule has 6 nitrogen and oxygen atoms in total. The van der Waals surface area contributed by atoms with E-state index in [1.54, 1.807) is 30.2 Å². The Morgan fingerprint density at radius 3 is 2.77 bits per heavy atom. The van der Waals surface area contributed by atoms with E-state index in [1.165, 1.54) is 0 Å². The highest BCUT2D eigenvalue weighted by Crippen LogP contribution is 2.25. The molecule has 0 aromatic heterocycles. The van der Waals surface area contributed by atoms with Crippen molar-refractivity contribution in [2.75, 3.05) is 32.1 Å². The van der Waals surface area contributed by atoms with E-state index in [9.17, 15) is 9.59 Å². The van der Waals surface area contributed by atoms with Crippen LogP contribution in [0.5, 0.6) is 5.75 Å². The second kappa shape index (κ2) is 10.1. The standard InChI is InChI=1S/C23H27BrN2O4/c1-15-6-4-8-21(16(15)2)25-22(27)14-26(13-18-7-5-11-30-18)23(28)19-12-17(29-3)9-10-20(19)24/h4,6,8-10,12,18H,5,7,11,13-14H2,1-3H3,(H,25,27). The van der Waals surface area contributed by atoms with Gasteiger partial charge in [0, 0.05) is 23.3 Å². The van der Waals surface area contributed by atoms with Crippen molar-refractivity contribution < 1.29 is 19.1 Å². The minimum atomic E-state index is -0.243. The quantitative estimate of drug-likeness (QED) is 0.647. The van der Waals surface area contributed by atoms with Crippen LogP contribution in [0.25, 0.3) is 0 Å². The molecule has 30 heavy (non-hydrogen) atoms. The van der Waals surface area contributed by atoms with Crippen molar-refractivity contribution in [2.24, 2.45) is 0 Å². The number of benzene rings is 2. The van der Waals surface area contributed by atoms with Gasteiger partial charge in [0.25, 0.3) is 5.91 Å². The van der Waals surface area contributed by atoms with Gasteiger partial charge in [-0.25, -0.2) is 0 Å². The van der Waals surface area contributed by atoms with Crippen LogP contribution in [-0.4, -0.2) is 49.6 Å². The van der Waals surface area contributed by atoms with Gasteiger partial charge in [0.1, 0.15) is 12.3 Å². The molecule has 1 unspecified atom stereocenters. The van der Waals surface area contributed by atoms with Crippen molar-refractivity contribution in [1.29, 1.82) is 0 Å². The van der Waals surface area contributed by atoms with Gasteiger partial charge in [-0.15, -0.1) is 0 Å². The Labute approximate surface area is 185 Å². The van der Waals surface area contributed by atoms with E-state index in [4.69, 9.17) is 9.47 Å². The number of anilines is 1. The van der Waals surface area contributed by atoms with Crippen molar-refractivity contribution in [3.05, 3.63) is 57.6 Å². The maximum absolute atomic E-state index is 13.3. The van der Waals surface area contributed by atoms with E-state index in [0.717, 1.165) is 29.7 Å². The van der Waals surface area contributed by atoms with Crippen LogP contribution in [-0.2, 0) is 9.53 Å². The molecule has 1 N–H and O–H groups in total. The van der Waals surface area contributed by atoms with Gasteiger partial charge in [-0.1, -0.05) is 12.1 Å². The first kappa shape index (κ1) is 22.3. The number of hydrogen-bond acceptors (Lipinski definition) is 4. The van der Waals surface area contributed by atoms with Gasteiger partial charge in [-0.05, 0) is 78.0 Å². The molecule has 2 aromatic carbocycles. The van der Waals surface area contributed by atoms with Gasteiger partial charge in [0.05, 0.1) is 18.8 Å². The second-order valence-corrected chi connectivity index (χ2v) is 8.32. The zero-order chi connectivity index (χ0) is 21.7. The summed E-state index contributed by atoms with van der Waals surface area (Å²) < 4.78 is 11.6. The van der Waals surface area contributed by atoms with Gasteiger partial charge in [0.2, 0.25) is 5.91 Å². The van der Waals surface area contributed by atoms with E-state index >= 15 is 0 Å². The molecule has 160 valence electrons. The van der Waals surface area contributed by atoms with Crippen LogP contribution in [0.3, 0.4) is 0 Å². The lowest BCUT2D eigenvalue weighted by atomic mass is 10.1. The molecule has 0 bridgehead atoms. The summed E-state index contributed by atoms with van der Waals surface area (Å²) in [6.07, 6.45) is 1.78. The van der Waals surface area contributed by atoms with Crippen LogP contribution in [0.2, 0.25) is 0 Å². The number of nitrogens with zero attached hydrogens (tertiary/aromatic N) is 1. The van der Waals surface area contributed by atoms with Crippen molar-refractivity contribution in [2.45, 2.75) is 32.8 Å². The number of amides is 2. The van der Waals surface area contributed by atoms with Crippen LogP contribution in [0.1, 0.15) is 34.3 Å². The van der Waals surface area contributed by atoms with Crippen LogP contribution < -0.4 is 10.1 Å². The molecular formula is C23H27BrN2O4. The van der Waals surface area contributed by atoms with Crippen molar-refractivity contribution in [3.8, 4) is 5.75 Å². The lowest BCUT2D eigenvalue weighted by Gasteiger charge is -2.26. The average Bonchev–Trinajstić information content (AvgIpc) is 3.24. The van der Waals surface area contributed by atoms with Gasteiger partial charge >= 0.3 is 0 Å². The summed E-state index contributed by atoms with van der Waals surface area (Å²) in [4.78, 5) is 27.7. The Balaban J connectivity index is 1.80. The number of carbonyl (C=O) groups excluding carboxylic acids is 2. The molecule has 3 rings (SSSR count). The Bertz CT molecular complexity index is 925. The van der Waals surface area contributed by atoms with E-state index in [2.05, 4.69) is 21.2 Å². The molecule has 1 saturated heterocycles. The minimum absolute atomic E-state index is 0.0598. The molecule has 2 amide bonds. The molecule has 1 fully saturated rings. The van der Waals surface area contributed by atoms with Crippen molar-refractivity contribution >= 4 is 33.4 Å². The maximum atomic E-state index is 13.3. The molecule has 0 saturated carbocycles. The predicted octanol–water partition coefficient (Wildman–Crippen LogP) is 4.33.